The summed E-state index contributed by atoms with van der Waals surface area (Å²) < 4.78 is 10.6. The van der Waals surface area contributed by atoms with E-state index in [1.807, 2.05) is 0 Å². The lowest BCUT2D eigenvalue weighted by Gasteiger charge is -2.02. The predicted octanol–water partition coefficient (Wildman–Crippen LogP) is 3.77. The third kappa shape index (κ3) is 2.91. The lowest BCUT2D eigenvalue weighted by atomic mass is 10.2. The van der Waals surface area contributed by atoms with E-state index in [9.17, 15) is 9.59 Å². The highest BCUT2D eigenvalue weighted by Gasteiger charge is 2.22. The second-order valence-electron chi connectivity index (χ2n) is 4.66. The van der Waals surface area contributed by atoms with Crippen LogP contribution in [-0.4, -0.2) is 11.8 Å². The number of nitrogens with two attached hydrogens (primary N) is 1. The number of halogens is 2. The van der Waals surface area contributed by atoms with E-state index in [1.54, 1.807) is 18.2 Å². The van der Waals surface area contributed by atoms with Gasteiger partial charge in [-0.05, 0) is 24.3 Å². The fraction of sp³-hybridized carbons (Fsp3) is 0.0667. The zero-order valence-electron chi connectivity index (χ0n) is 11.6. The van der Waals surface area contributed by atoms with Gasteiger partial charge in [0.05, 0.1) is 5.88 Å². The maximum Gasteiger partial charge on any atom is 0.291 e. The van der Waals surface area contributed by atoms with Crippen molar-refractivity contribution in [1.82, 2.24) is 0 Å². The zero-order valence-corrected chi connectivity index (χ0v) is 13.1. The maximum atomic E-state index is 12.3. The van der Waals surface area contributed by atoms with Gasteiger partial charge < -0.3 is 19.9 Å². The molecule has 0 saturated carbocycles. The van der Waals surface area contributed by atoms with E-state index < -0.39 is 11.8 Å². The predicted molar refractivity (Wildman–Crippen MR) is 86.0 cm³/mol. The Balaban J connectivity index is 2.02. The summed E-state index contributed by atoms with van der Waals surface area (Å²) in [6.45, 7) is 0. The fourth-order valence-corrected chi connectivity index (χ4v) is 2.42. The summed E-state index contributed by atoms with van der Waals surface area (Å²) in [5.74, 6) is -0.877. The topological polar surface area (TPSA) is 98.5 Å². The van der Waals surface area contributed by atoms with Gasteiger partial charge in [-0.1, -0.05) is 11.6 Å². The number of furan rings is 2. The Kier molecular flexibility index (Phi) is 4.02. The number of primary amides is 1. The largest absolute Gasteiger partial charge is 0.455 e. The monoisotopic (exact) mass is 352 g/mol. The van der Waals surface area contributed by atoms with Crippen LogP contribution in [0.4, 0.5) is 5.69 Å². The molecule has 3 N–H and O–H groups in total. The molecule has 0 spiro atoms. The van der Waals surface area contributed by atoms with Crippen molar-refractivity contribution < 1.29 is 18.4 Å². The number of carbonyl (C=O) groups is 2. The van der Waals surface area contributed by atoms with Gasteiger partial charge in [0.2, 0.25) is 5.76 Å². The molecule has 3 aromatic rings. The van der Waals surface area contributed by atoms with E-state index in [4.69, 9.17) is 37.8 Å². The van der Waals surface area contributed by atoms with Gasteiger partial charge in [-0.15, -0.1) is 11.6 Å². The Labute approximate surface area is 140 Å². The number of anilines is 1. The van der Waals surface area contributed by atoms with Gasteiger partial charge in [0, 0.05) is 16.5 Å². The van der Waals surface area contributed by atoms with Gasteiger partial charge >= 0.3 is 0 Å². The number of carbonyl (C=O) groups excluding carboxylic acids is 2. The van der Waals surface area contributed by atoms with Crippen LogP contribution in [0.15, 0.2) is 39.2 Å². The van der Waals surface area contributed by atoms with E-state index in [-0.39, 0.29) is 23.1 Å². The molecule has 0 aliphatic rings. The second kappa shape index (κ2) is 5.98. The summed E-state index contributed by atoms with van der Waals surface area (Å²) >= 11 is 11.5. The Morgan fingerprint density at radius 3 is 2.61 bits per heavy atom. The number of hydrogen-bond donors (Lipinski definition) is 2. The number of nitrogens with one attached hydrogen (secondary N) is 1. The molecule has 0 aliphatic heterocycles. The molecule has 23 heavy (non-hydrogen) atoms. The van der Waals surface area contributed by atoms with Crippen molar-refractivity contribution in [2.24, 2.45) is 5.73 Å². The summed E-state index contributed by atoms with van der Waals surface area (Å²) in [7, 11) is 0. The summed E-state index contributed by atoms with van der Waals surface area (Å²) in [4.78, 5) is 23.8. The molecule has 118 valence electrons. The molecule has 0 saturated heterocycles. The second-order valence-corrected chi connectivity index (χ2v) is 5.37. The number of amides is 2. The fourth-order valence-electron chi connectivity index (χ4n) is 2.11. The van der Waals surface area contributed by atoms with Crippen LogP contribution in [0, 0.1) is 0 Å². The molecular weight excluding hydrogens is 343 g/mol. The third-order valence-corrected chi connectivity index (χ3v) is 3.63. The molecule has 2 heterocycles. The highest BCUT2D eigenvalue weighted by atomic mass is 35.5. The quantitative estimate of drug-likeness (QED) is 0.698. The normalized spacial score (nSPS) is 10.9. The van der Waals surface area contributed by atoms with Gasteiger partial charge in [-0.25, -0.2) is 0 Å². The van der Waals surface area contributed by atoms with Gasteiger partial charge in [0.1, 0.15) is 17.0 Å². The van der Waals surface area contributed by atoms with Crippen LogP contribution in [0.2, 0.25) is 5.02 Å². The lowest BCUT2D eigenvalue weighted by Crippen LogP contribution is -2.16. The zero-order chi connectivity index (χ0) is 16.6. The van der Waals surface area contributed by atoms with Crippen molar-refractivity contribution in [3.63, 3.8) is 0 Å². The molecule has 0 bridgehead atoms. The smallest absolute Gasteiger partial charge is 0.291 e. The number of hydrogen-bond acceptors (Lipinski definition) is 4. The first-order valence-electron chi connectivity index (χ1n) is 6.47. The SMILES string of the molecule is NC(=O)c1oc2cc(Cl)ccc2c1NC(=O)c1ccc(CCl)o1. The van der Waals surface area contributed by atoms with E-state index in [2.05, 4.69) is 5.32 Å². The Morgan fingerprint density at radius 1 is 1.17 bits per heavy atom. The summed E-state index contributed by atoms with van der Waals surface area (Å²) in [5, 5.41) is 3.50. The van der Waals surface area contributed by atoms with Gasteiger partial charge in [-0.2, -0.15) is 0 Å². The molecule has 0 atom stereocenters. The minimum Gasteiger partial charge on any atom is -0.455 e. The van der Waals surface area contributed by atoms with Gasteiger partial charge in [-0.3, -0.25) is 9.59 Å². The van der Waals surface area contributed by atoms with Crippen molar-refractivity contribution >= 4 is 51.7 Å². The Bertz CT molecular complexity index is 913. The van der Waals surface area contributed by atoms with Crippen molar-refractivity contribution in [3.8, 4) is 0 Å². The molecule has 1 aromatic carbocycles. The third-order valence-electron chi connectivity index (χ3n) is 3.13. The Hall–Kier alpha value is -2.44. The van der Waals surface area contributed by atoms with E-state index >= 15 is 0 Å². The van der Waals surface area contributed by atoms with Crippen LogP contribution in [-0.2, 0) is 5.88 Å². The summed E-state index contributed by atoms with van der Waals surface area (Å²) in [6, 6.07) is 7.83. The van der Waals surface area contributed by atoms with E-state index in [0.717, 1.165) is 0 Å². The first-order chi connectivity index (χ1) is 11.0. The average Bonchev–Trinajstić information content (AvgIpc) is 3.12. The van der Waals surface area contributed by atoms with Crippen LogP contribution in [0.1, 0.15) is 26.9 Å². The highest BCUT2D eigenvalue weighted by Crippen LogP contribution is 2.33. The number of alkyl halides is 1. The lowest BCUT2D eigenvalue weighted by molar-refractivity contribution is 0.0977. The molecule has 0 radical (unpaired) electrons. The maximum absolute atomic E-state index is 12.3. The van der Waals surface area contributed by atoms with Crippen molar-refractivity contribution in [2.45, 2.75) is 5.88 Å². The van der Waals surface area contributed by atoms with Crippen LogP contribution in [0.25, 0.3) is 11.0 Å². The summed E-state index contributed by atoms with van der Waals surface area (Å²) in [5.41, 5.74) is 5.80. The van der Waals surface area contributed by atoms with E-state index in [0.29, 0.717) is 21.8 Å². The molecule has 2 aromatic heterocycles. The van der Waals surface area contributed by atoms with Crippen LogP contribution in [0.3, 0.4) is 0 Å². The molecule has 8 heteroatoms. The standard InChI is InChI=1S/C15H10Cl2N2O4/c16-6-8-2-4-10(22-8)15(21)19-12-9-3-1-7(17)5-11(9)23-13(12)14(18)20/h1-5H,6H2,(H2,18,20)(H,19,21). The first kappa shape index (κ1) is 15.5. The van der Waals surface area contributed by atoms with Gasteiger partial charge in [0.15, 0.2) is 5.76 Å². The minimum atomic E-state index is -0.812. The molecule has 0 fully saturated rings. The molecule has 2 amide bonds. The first-order valence-corrected chi connectivity index (χ1v) is 7.38. The van der Waals surface area contributed by atoms with Crippen molar-refractivity contribution in [1.29, 1.82) is 0 Å². The molecule has 0 aliphatic carbocycles. The van der Waals surface area contributed by atoms with Crippen molar-refractivity contribution in [2.75, 3.05) is 5.32 Å². The Morgan fingerprint density at radius 2 is 1.96 bits per heavy atom. The molecule has 3 rings (SSSR count). The van der Waals surface area contributed by atoms with Crippen LogP contribution >= 0.6 is 23.2 Å². The number of fused-ring (bicyclic) bond motifs is 1. The highest BCUT2D eigenvalue weighted by molar-refractivity contribution is 6.31. The molecule has 6 nitrogen and oxygen atoms in total. The minimum absolute atomic E-state index is 0.0550. The van der Waals surface area contributed by atoms with Crippen LogP contribution < -0.4 is 11.1 Å². The number of rotatable bonds is 4. The molecular formula is C15H10Cl2N2O4. The van der Waals surface area contributed by atoms with Crippen molar-refractivity contribution in [3.05, 3.63) is 52.6 Å². The van der Waals surface area contributed by atoms with E-state index in [1.165, 1.54) is 12.1 Å². The van der Waals surface area contributed by atoms with Crippen LogP contribution in [0.5, 0.6) is 0 Å². The van der Waals surface area contributed by atoms with Gasteiger partial charge in [0.25, 0.3) is 11.8 Å². The number of benzene rings is 1. The molecule has 0 unspecified atom stereocenters. The summed E-state index contributed by atoms with van der Waals surface area (Å²) in [6.07, 6.45) is 0. The average molecular weight is 353 g/mol.